The van der Waals surface area contributed by atoms with E-state index in [1.807, 2.05) is 0 Å². The minimum absolute atomic E-state index is 0.255. The Kier molecular flexibility index (Phi) is 8.11. The van der Waals surface area contributed by atoms with Gasteiger partial charge in [-0.1, -0.05) is 18.2 Å². The van der Waals surface area contributed by atoms with Gasteiger partial charge in [-0.25, -0.2) is 4.39 Å². The summed E-state index contributed by atoms with van der Waals surface area (Å²) in [5, 5.41) is 3.05. The van der Waals surface area contributed by atoms with Gasteiger partial charge in [-0.2, -0.15) is 0 Å². The Balaban J connectivity index is 1.62. The summed E-state index contributed by atoms with van der Waals surface area (Å²) in [5.41, 5.74) is 1.15. The van der Waals surface area contributed by atoms with Crippen molar-refractivity contribution in [3.05, 3.63) is 58.9 Å². The summed E-state index contributed by atoms with van der Waals surface area (Å²) in [5.74, 6) is -1.03. The number of halogens is 1. The van der Waals surface area contributed by atoms with Crippen LogP contribution in [0.25, 0.3) is 0 Å². The van der Waals surface area contributed by atoms with E-state index in [1.54, 1.807) is 37.4 Å². The van der Waals surface area contributed by atoms with Crippen LogP contribution in [0, 0.1) is 5.82 Å². The molecule has 2 atom stereocenters. The molecule has 0 bridgehead atoms. The lowest BCUT2D eigenvalue weighted by Gasteiger charge is -2.40. The van der Waals surface area contributed by atoms with Crippen molar-refractivity contribution in [3.63, 3.8) is 0 Å². The van der Waals surface area contributed by atoms with Gasteiger partial charge in [-0.15, -0.1) is 0 Å². The van der Waals surface area contributed by atoms with Gasteiger partial charge in [0.05, 0.1) is 26.2 Å². The van der Waals surface area contributed by atoms with Crippen molar-refractivity contribution >= 4 is 11.8 Å². The van der Waals surface area contributed by atoms with E-state index in [9.17, 15) is 14.0 Å². The van der Waals surface area contributed by atoms with E-state index in [1.165, 1.54) is 25.2 Å². The topological polar surface area (TPSA) is 74.4 Å². The van der Waals surface area contributed by atoms with E-state index in [0.717, 1.165) is 39.1 Å². The number of carbonyl (C=O) groups is 2. The predicted octanol–water partition coefficient (Wildman–Crippen LogP) is 2.51. The molecule has 2 amide bonds. The first kappa shape index (κ1) is 25.9. The number of hydrogen-bond donors (Lipinski definition) is 1. The number of fused-ring (bicyclic) bond motifs is 1. The summed E-state index contributed by atoms with van der Waals surface area (Å²) in [6.07, 6.45) is 0.806. The molecule has 1 saturated heterocycles. The van der Waals surface area contributed by atoms with Crippen molar-refractivity contribution in [2.45, 2.75) is 18.4 Å². The third kappa shape index (κ3) is 5.17. The summed E-state index contributed by atoms with van der Waals surface area (Å²) in [4.78, 5) is 33.2. The number of hydrogen-bond acceptors (Lipinski definition) is 6. The molecule has 0 saturated carbocycles. The van der Waals surface area contributed by atoms with Gasteiger partial charge in [-0.05, 0) is 43.8 Å². The lowest BCUT2D eigenvalue weighted by Crippen LogP contribution is -2.47. The highest BCUT2D eigenvalue weighted by molar-refractivity contribution is 6.02. The molecule has 8 nitrogen and oxygen atoms in total. The fraction of sp³-hybridized carbons (Fsp3) is 0.481. The van der Waals surface area contributed by atoms with Gasteiger partial charge in [0.2, 0.25) is 5.91 Å². The molecule has 4 rings (SSSR count). The molecule has 1 N–H and O–H groups in total. The first-order valence-electron chi connectivity index (χ1n) is 12.3. The highest BCUT2D eigenvalue weighted by Crippen LogP contribution is 2.46. The molecule has 2 aromatic carbocycles. The second-order valence-electron chi connectivity index (χ2n) is 9.44. The quantitative estimate of drug-likeness (QED) is 0.564. The standard InChI is InChI=1S/C27H35FN4O4/c1-30-12-14-32(15-13-30)11-7-10-29-26(33)24-19-16-22(35-3)23(36-4)17-20(19)27(34)31(2)25(24)18-8-5-6-9-21(18)28/h5-6,8-9,16-17,24-25H,7,10-15H2,1-4H3,(H,29,33)/t24-,25-/m0/s1. The molecule has 0 unspecified atom stereocenters. The number of rotatable bonds is 8. The normalized spacial score (nSPS) is 20.7. The van der Waals surface area contributed by atoms with Gasteiger partial charge in [0.15, 0.2) is 11.5 Å². The van der Waals surface area contributed by atoms with Crippen LogP contribution in [0.3, 0.4) is 0 Å². The van der Waals surface area contributed by atoms with E-state index in [2.05, 4.69) is 22.2 Å². The number of nitrogens with one attached hydrogen (secondary N) is 1. The number of benzene rings is 2. The van der Waals surface area contributed by atoms with Gasteiger partial charge in [0.25, 0.3) is 5.91 Å². The smallest absolute Gasteiger partial charge is 0.254 e. The first-order chi connectivity index (χ1) is 17.3. The molecule has 9 heteroatoms. The molecule has 2 heterocycles. The van der Waals surface area contributed by atoms with Crippen molar-refractivity contribution in [2.24, 2.45) is 0 Å². The van der Waals surface area contributed by atoms with Gasteiger partial charge >= 0.3 is 0 Å². The van der Waals surface area contributed by atoms with Crippen molar-refractivity contribution in [2.75, 3.05) is 67.6 Å². The molecule has 2 aromatic rings. The lowest BCUT2D eigenvalue weighted by atomic mass is 9.79. The Morgan fingerprint density at radius 3 is 2.36 bits per heavy atom. The van der Waals surface area contributed by atoms with Crippen LogP contribution in [-0.2, 0) is 4.79 Å². The Morgan fingerprint density at radius 1 is 1.03 bits per heavy atom. The van der Waals surface area contributed by atoms with Crippen LogP contribution in [0.15, 0.2) is 36.4 Å². The van der Waals surface area contributed by atoms with Crippen LogP contribution < -0.4 is 14.8 Å². The molecule has 36 heavy (non-hydrogen) atoms. The summed E-state index contributed by atoms with van der Waals surface area (Å²) in [6, 6.07) is 8.75. The maximum Gasteiger partial charge on any atom is 0.254 e. The SMILES string of the molecule is COc1cc2c(cc1OC)[C@H](C(=O)NCCCN1CCN(C)CC1)[C@H](c1ccccc1F)N(C)C2=O. The van der Waals surface area contributed by atoms with Crippen LogP contribution in [0.4, 0.5) is 4.39 Å². The Hall–Kier alpha value is -3.17. The molecular formula is C27H35FN4O4. The Morgan fingerprint density at radius 2 is 1.69 bits per heavy atom. The molecule has 2 aliphatic heterocycles. The van der Waals surface area contributed by atoms with Crippen LogP contribution in [0.5, 0.6) is 11.5 Å². The summed E-state index contributed by atoms with van der Waals surface area (Å²) < 4.78 is 25.8. The monoisotopic (exact) mass is 498 g/mol. The third-order valence-electron chi connectivity index (χ3n) is 7.23. The molecule has 0 radical (unpaired) electrons. The highest BCUT2D eigenvalue weighted by Gasteiger charge is 2.44. The lowest BCUT2D eigenvalue weighted by molar-refractivity contribution is -0.124. The molecule has 1 fully saturated rings. The first-order valence-corrected chi connectivity index (χ1v) is 12.3. The van der Waals surface area contributed by atoms with Crippen LogP contribution in [0.1, 0.15) is 39.9 Å². The van der Waals surface area contributed by atoms with Gasteiger partial charge < -0.3 is 29.5 Å². The van der Waals surface area contributed by atoms with Crippen LogP contribution >= 0.6 is 0 Å². The fourth-order valence-corrected chi connectivity index (χ4v) is 5.13. The zero-order valence-electron chi connectivity index (χ0n) is 21.4. The zero-order valence-corrected chi connectivity index (χ0v) is 21.4. The van der Waals surface area contributed by atoms with Crippen molar-refractivity contribution in [1.29, 1.82) is 0 Å². The molecule has 0 spiro atoms. The maximum absolute atomic E-state index is 15.0. The third-order valence-corrected chi connectivity index (χ3v) is 7.23. The number of carbonyl (C=O) groups excluding carboxylic acids is 2. The van der Waals surface area contributed by atoms with Crippen molar-refractivity contribution < 1.29 is 23.5 Å². The van der Waals surface area contributed by atoms with E-state index < -0.39 is 17.8 Å². The van der Waals surface area contributed by atoms with Gasteiger partial charge in [0, 0.05) is 50.9 Å². The largest absolute Gasteiger partial charge is 0.493 e. The average Bonchev–Trinajstić information content (AvgIpc) is 2.89. The summed E-state index contributed by atoms with van der Waals surface area (Å²) in [6.45, 7) is 5.51. The second kappa shape index (κ2) is 11.3. The molecule has 194 valence electrons. The molecule has 0 aliphatic carbocycles. The zero-order chi connectivity index (χ0) is 25.8. The van der Waals surface area contributed by atoms with Crippen LogP contribution in [-0.4, -0.2) is 94.1 Å². The Labute approximate surface area is 211 Å². The number of piperazine rings is 1. The number of likely N-dealkylation sites (N-methyl/N-ethyl adjacent to an activating group) is 2. The fourth-order valence-electron chi connectivity index (χ4n) is 5.13. The average molecular weight is 499 g/mol. The number of ether oxygens (including phenoxy) is 2. The molecule has 2 aliphatic rings. The maximum atomic E-state index is 15.0. The van der Waals surface area contributed by atoms with E-state index >= 15 is 0 Å². The van der Waals surface area contributed by atoms with Gasteiger partial charge in [0.1, 0.15) is 5.82 Å². The Bertz CT molecular complexity index is 1100. The van der Waals surface area contributed by atoms with Gasteiger partial charge in [-0.3, -0.25) is 9.59 Å². The molecule has 0 aromatic heterocycles. The second-order valence-corrected chi connectivity index (χ2v) is 9.44. The highest BCUT2D eigenvalue weighted by atomic mass is 19.1. The van der Waals surface area contributed by atoms with E-state index in [-0.39, 0.29) is 11.8 Å². The van der Waals surface area contributed by atoms with Crippen LogP contribution in [0.2, 0.25) is 0 Å². The molecular weight excluding hydrogens is 463 g/mol. The minimum atomic E-state index is -0.817. The number of nitrogens with zero attached hydrogens (tertiary/aromatic N) is 3. The van der Waals surface area contributed by atoms with E-state index in [4.69, 9.17) is 9.47 Å². The number of amides is 2. The summed E-state index contributed by atoms with van der Waals surface area (Å²) >= 11 is 0. The summed E-state index contributed by atoms with van der Waals surface area (Å²) in [7, 11) is 6.72. The van der Waals surface area contributed by atoms with Crippen molar-refractivity contribution in [1.82, 2.24) is 20.0 Å². The minimum Gasteiger partial charge on any atom is -0.493 e. The van der Waals surface area contributed by atoms with Crippen molar-refractivity contribution in [3.8, 4) is 11.5 Å². The predicted molar refractivity (Wildman–Crippen MR) is 135 cm³/mol. The number of methoxy groups -OCH3 is 2. The van der Waals surface area contributed by atoms with E-state index in [0.29, 0.717) is 34.7 Å².